The second kappa shape index (κ2) is 10.3. The Balaban J connectivity index is 1.32. The Bertz CT molecular complexity index is 1880. The number of anilines is 2. The zero-order chi connectivity index (χ0) is 31.7. The normalized spacial score (nSPS) is 27.2. The molecule has 0 bridgehead atoms. The largest absolute Gasteiger partial charge is 0.508 e. The quantitative estimate of drug-likeness (QED) is 0.289. The molecule has 226 valence electrons. The van der Waals surface area contributed by atoms with Gasteiger partial charge in [0.15, 0.2) is 0 Å². The molecule has 6 atom stereocenters. The first-order valence-electron chi connectivity index (χ1n) is 14.5. The summed E-state index contributed by atoms with van der Waals surface area (Å²) in [6.45, 7) is 0. The summed E-state index contributed by atoms with van der Waals surface area (Å²) in [6, 6.07) is 17.6. The van der Waals surface area contributed by atoms with Crippen LogP contribution in [0, 0.1) is 29.6 Å². The van der Waals surface area contributed by atoms with Gasteiger partial charge in [-0.25, -0.2) is 9.59 Å². The van der Waals surface area contributed by atoms with E-state index in [4.69, 9.17) is 0 Å². The first-order valence-corrected chi connectivity index (χ1v) is 14.5. The number of amides is 4. The molecule has 3 aromatic carbocycles. The van der Waals surface area contributed by atoms with E-state index < -0.39 is 71.1 Å². The molecule has 2 saturated heterocycles. The molecule has 45 heavy (non-hydrogen) atoms. The molecule has 0 radical (unpaired) electrons. The van der Waals surface area contributed by atoms with Crippen LogP contribution in [0.4, 0.5) is 11.4 Å². The summed E-state index contributed by atoms with van der Waals surface area (Å²) >= 11 is 0. The number of aromatic carboxylic acids is 2. The number of imide groups is 2. The lowest BCUT2D eigenvalue weighted by Gasteiger charge is -2.44. The summed E-state index contributed by atoms with van der Waals surface area (Å²) in [6.07, 6.45) is 2.18. The van der Waals surface area contributed by atoms with Crippen molar-refractivity contribution in [2.75, 3.05) is 9.80 Å². The number of rotatable bonds is 5. The standard InChI is InChI=1S/C34H26N2O9/c37-21-9-3-4-16(14-21)26-22-10-11-23-27(31(40)35(29(23)38)19-7-1-5-17(12-19)33(42)43)24(22)15-25-28(26)32(41)36(30(25)39)20-8-2-6-18(13-20)34(44)45/h1-10,12-14,23-28,37H,11,15H2,(H,42,43)(H,44,45). The smallest absolute Gasteiger partial charge is 0.335 e. The highest BCUT2D eigenvalue weighted by molar-refractivity contribution is 6.24. The van der Waals surface area contributed by atoms with E-state index in [0.29, 0.717) is 5.56 Å². The third-order valence-electron chi connectivity index (χ3n) is 9.58. The minimum Gasteiger partial charge on any atom is -0.508 e. The van der Waals surface area contributed by atoms with Crippen molar-refractivity contribution in [1.29, 1.82) is 0 Å². The number of carboxylic acids is 2. The predicted octanol–water partition coefficient (Wildman–Crippen LogP) is 3.83. The average Bonchev–Trinajstić information content (AvgIpc) is 3.43. The van der Waals surface area contributed by atoms with Gasteiger partial charge in [-0.2, -0.15) is 0 Å². The van der Waals surface area contributed by atoms with Crippen molar-refractivity contribution < 1.29 is 44.1 Å². The molecule has 4 amide bonds. The Morgan fingerprint density at radius 2 is 1.20 bits per heavy atom. The van der Waals surface area contributed by atoms with Gasteiger partial charge in [0.05, 0.1) is 46.2 Å². The fourth-order valence-electron chi connectivity index (χ4n) is 7.75. The maximum Gasteiger partial charge on any atom is 0.335 e. The van der Waals surface area contributed by atoms with E-state index in [2.05, 4.69) is 0 Å². The molecule has 0 spiro atoms. The van der Waals surface area contributed by atoms with E-state index in [1.807, 2.05) is 6.08 Å². The Morgan fingerprint density at radius 1 is 0.644 bits per heavy atom. The molecule has 2 aliphatic carbocycles. The second-order valence-electron chi connectivity index (χ2n) is 11.9. The van der Waals surface area contributed by atoms with Gasteiger partial charge in [-0.1, -0.05) is 35.9 Å². The fourth-order valence-corrected chi connectivity index (χ4v) is 7.75. The molecule has 6 unspecified atom stereocenters. The summed E-state index contributed by atoms with van der Waals surface area (Å²) in [5.74, 6) is -9.10. The van der Waals surface area contributed by atoms with Crippen molar-refractivity contribution >= 4 is 46.9 Å². The topological polar surface area (TPSA) is 170 Å². The number of phenols is 1. The van der Waals surface area contributed by atoms with E-state index >= 15 is 0 Å². The highest BCUT2D eigenvalue weighted by atomic mass is 16.4. The molecule has 11 heteroatoms. The van der Waals surface area contributed by atoms with Gasteiger partial charge >= 0.3 is 11.9 Å². The molecule has 1 saturated carbocycles. The fraction of sp³-hybridized carbons (Fsp3) is 0.235. The predicted molar refractivity (Wildman–Crippen MR) is 157 cm³/mol. The van der Waals surface area contributed by atoms with Gasteiger partial charge in [-0.3, -0.25) is 29.0 Å². The SMILES string of the molecule is O=C(O)c1cccc(N2C(=O)C3CC=C4C(CC5C(=O)N(c6cccc(C(=O)O)c6)C(=O)C5C4c4cccc(O)c4)C3C2=O)c1. The van der Waals surface area contributed by atoms with Crippen molar-refractivity contribution in [1.82, 2.24) is 0 Å². The average molecular weight is 607 g/mol. The van der Waals surface area contributed by atoms with Crippen LogP contribution in [-0.2, 0) is 19.2 Å². The van der Waals surface area contributed by atoms with E-state index in [9.17, 15) is 44.1 Å². The number of nitrogens with zero attached hydrogens (tertiary/aromatic N) is 2. The van der Waals surface area contributed by atoms with Crippen LogP contribution >= 0.6 is 0 Å². The van der Waals surface area contributed by atoms with Crippen LogP contribution in [0.1, 0.15) is 45.0 Å². The summed E-state index contributed by atoms with van der Waals surface area (Å²) in [5.41, 5.74) is 1.41. The molecule has 0 aromatic heterocycles. The maximum atomic E-state index is 14.1. The Hall–Kier alpha value is -5.58. The first-order chi connectivity index (χ1) is 21.6. The van der Waals surface area contributed by atoms with Crippen LogP contribution in [0.2, 0.25) is 0 Å². The van der Waals surface area contributed by atoms with Crippen molar-refractivity contribution in [2.24, 2.45) is 29.6 Å². The maximum absolute atomic E-state index is 14.1. The van der Waals surface area contributed by atoms with E-state index in [-0.39, 0.29) is 41.1 Å². The molecule has 7 rings (SSSR count). The first kappa shape index (κ1) is 28.2. The second-order valence-corrected chi connectivity index (χ2v) is 11.9. The summed E-state index contributed by atoms with van der Waals surface area (Å²) < 4.78 is 0. The number of fused-ring (bicyclic) bond motifs is 4. The van der Waals surface area contributed by atoms with Crippen LogP contribution in [0.15, 0.2) is 84.4 Å². The lowest BCUT2D eigenvalue weighted by Crippen LogP contribution is -2.43. The van der Waals surface area contributed by atoms with Crippen molar-refractivity contribution in [3.8, 4) is 5.75 Å². The van der Waals surface area contributed by atoms with Crippen LogP contribution in [0.25, 0.3) is 0 Å². The highest BCUT2D eigenvalue weighted by Gasteiger charge is 2.62. The molecule has 2 aliphatic heterocycles. The minimum absolute atomic E-state index is 0.0418. The van der Waals surface area contributed by atoms with Crippen molar-refractivity contribution in [3.05, 3.63) is 101 Å². The lowest BCUT2D eigenvalue weighted by atomic mass is 9.57. The van der Waals surface area contributed by atoms with E-state index in [0.717, 1.165) is 15.4 Å². The van der Waals surface area contributed by atoms with Crippen LogP contribution in [0.5, 0.6) is 5.75 Å². The zero-order valence-corrected chi connectivity index (χ0v) is 23.6. The van der Waals surface area contributed by atoms with E-state index in [1.54, 1.807) is 12.1 Å². The van der Waals surface area contributed by atoms with Gasteiger partial charge in [0.2, 0.25) is 23.6 Å². The van der Waals surface area contributed by atoms with Crippen molar-refractivity contribution in [3.63, 3.8) is 0 Å². The Kier molecular flexibility index (Phi) is 6.43. The van der Waals surface area contributed by atoms with Gasteiger partial charge < -0.3 is 15.3 Å². The Labute approximate surface area is 256 Å². The van der Waals surface area contributed by atoms with Gasteiger partial charge in [0.25, 0.3) is 0 Å². The number of carbonyl (C=O) groups is 6. The summed E-state index contributed by atoms with van der Waals surface area (Å²) in [7, 11) is 0. The number of benzene rings is 3. The van der Waals surface area contributed by atoms with E-state index in [1.165, 1.54) is 60.7 Å². The number of aromatic hydroxyl groups is 1. The number of hydrogen-bond donors (Lipinski definition) is 3. The number of carbonyl (C=O) groups excluding carboxylic acids is 4. The monoisotopic (exact) mass is 606 g/mol. The van der Waals surface area contributed by atoms with Crippen LogP contribution in [-0.4, -0.2) is 50.9 Å². The number of carboxylic acid groups (broad SMARTS) is 2. The molecule has 4 aliphatic rings. The number of allylic oxidation sites excluding steroid dienone is 2. The van der Waals surface area contributed by atoms with Gasteiger partial charge in [0.1, 0.15) is 5.75 Å². The molecule has 3 fully saturated rings. The Morgan fingerprint density at radius 3 is 1.78 bits per heavy atom. The molecular formula is C34H26N2O9. The molecular weight excluding hydrogens is 580 g/mol. The molecule has 3 aromatic rings. The number of hydrogen-bond acceptors (Lipinski definition) is 7. The summed E-state index contributed by atoms with van der Waals surface area (Å²) in [4.78, 5) is 81.2. The third-order valence-corrected chi connectivity index (χ3v) is 9.58. The van der Waals surface area contributed by atoms with Crippen molar-refractivity contribution in [2.45, 2.75) is 18.8 Å². The van der Waals surface area contributed by atoms with Gasteiger partial charge in [0, 0.05) is 5.92 Å². The van der Waals surface area contributed by atoms with Gasteiger partial charge in [-0.05, 0) is 72.9 Å². The zero-order valence-electron chi connectivity index (χ0n) is 23.6. The lowest BCUT2D eigenvalue weighted by molar-refractivity contribution is -0.126. The van der Waals surface area contributed by atoms with Crippen LogP contribution in [0.3, 0.4) is 0 Å². The molecule has 11 nitrogen and oxygen atoms in total. The third kappa shape index (κ3) is 4.26. The highest BCUT2D eigenvalue weighted by Crippen LogP contribution is 2.58. The molecule has 3 N–H and O–H groups in total. The van der Waals surface area contributed by atoms with Gasteiger partial charge in [-0.15, -0.1) is 0 Å². The van der Waals surface area contributed by atoms with Crippen LogP contribution < -0.4 is 9.80 Å². The molecule has 2 heterocycles. The number of phenolic OH excluding ortho intramolecular Hbond substituents is 1. The minimum atomic E-state index is -1.21. The summed E-state index contributed by atoms with van der Waals surface area (Å²) in [5, 5.41) is 29.4.